The number of ether oxygens (including phenoxy) is 1. The van der Waals surface area contributed by atoms with Crippen LogP contribution >= 0.6 is 0 Å². The van der Waals surface area contributed by atoms with Crippen LogP contribution in [0.4, 0.5) is 5.69 Å². The zero-order valence-corrected chi connectivity index (χ0v) is 12.3. The summed E-state index contributed by atoms with van der Waals surface area (Å²) >= 11 is 0. The Balaban J connectivity index is 1.72. The third-order valence-electron chi connectivity index (χ3n) is 3.73. The molecule has 0 aliphatic rings. The van der Waals surface area contributed by atoms with E-state index in [4.69, 9.17) is 10.5 Å². The van der Waals surface area contributed by atoms with Crippen LogP contribution < -0.4 is 10.5 Å². The molecule has 3 nitrogen and oxygen atoms in total. The zero-order valence-electron chi connectivity index (χ0n) is 12.3. The van der Waals surface area contributed by atoms with Gasteiger partial charge in [-0.2, -0.15) is 0 Å². The quantitative estimate of drug-likeness (QED) is 0.721. The number of anilines is 1. The van der Waals surface area contributed by atoms with Gasteiger partial charge in [-0.3, -0.25) is 0 Å². The Labute approximate surface area is 125 Å². The number of fused-ring (bicyclic) bond motifs is 1. The summed E-state index contributed by atoms with van der Waals surface area (Å²) in [6.45, 7) is 3.67. The fraction of sp³-hybridized carbons (Fsp3) is 0.222. The van der Waals surface area contributed by atoms with Crippen LogP contribution in [-0.2, 0) is 13.0 Å². The van der Waals surface area contributed by atoms with Crippen molar-refractivity contribution >= 4 is 16.6 Å². The summed E-state index contributed by atoms with van der Waals surface area (Å²) in [6, 6.07) is 16.2. The van der Waals surface area contributed by atoms with E-state index in [9.17, 15) is 0 Å². The minimum atomic E-state index is 0.645. The molecule has 3 aromatic rings. The Bertz CT molecular complexity index is 729. The predicted molar refractivity (Wildman–Crippen MR) is 87.7 cm³/mol. The van der Waals surface area contributed by atoms with Crippen LogP contribution in [0.25, 0.3) is 10.9 Å². The van der Waals surface area contributed by atoms with E-state index in [0.29, 0.717) is 6.61 Å². The first-order chi connectivity index (χ1) is 10.3. The lowest BCUT2D eigenvalue weighted by Crippen LogP contribution is -2.08. The van der Waals surface area contributed by atoms with E-state index >= 15 is 0 Å². The van der Waals surface area contributed by atoms with Crippen molar-refractivity contribution in [1.29, 1.82) is 0 Å². The standard InChI is InChI=1S/C18H20N2O/c1-2-14-4-3-5-15-10-11-20(18(14)15)12-13-21-17-8-6-16(19)7-9-17/h3-11H,2,12-13,19H2,1H3. The number of rotatable bonds is 5. The first-order valence-electron chi connectivity index (χ1n) is 7.33. The zero-order chi connectivity index (χ0) is 14.7. The molecule has 0 bridgehead atoms. The van der Waals surface area contributed by atoms with Crippen molar-refractivity contribution < 1.29 is 4.74 Å². The number of aryl methyl sites for hydroxylation is 1. The Morgan fingerprint density at radius 1 is 1.05 bits per heavy atom. The molecule has 108 valence electrons. The lowest BCUT2D eigenvalue weighted by molar-refractivity contribution is 0.300. The van der Waals surface area contributed by atoms with E-state index in [1.807, 2.05) is 24.3 Å². The van der Waals surface area contributed by atoms with Crippen molar-refractivity contribution in [3.05, 3.63) is 60.3 Å². The molecule has 1 heterocycles. The summed E-state index contributed by atoms with van der Waals surface area (Å²) in [6.07, 6.45) is 3.18. The van der Waals surface area contributed by atoms with Crippen LogP contribution in [0.15, 0.2) is 54.7 Å². The number of benzene rings is 2. The van der Waals surface area contributed by atoms with Crippen LogP contribution in [0, 0.1) is 0 Å². The van der Waals surface area contributed by atoms with Gasteiger partial charge in [0.1, 0.15) is 12.4 Å². The highest BCUT2D eigenvalue weighted by Gasteiger charge is 2.05. The Morgan fingerprint density at radius 3 is 2.62 bits per heavy atom. The molecular formula is C18H20N2O. The first-order valence-corrected chi connectivity index (χ1v) is 7.33. The summed E-state index contributed by atoms with van der Waals surface area (Å²) in [4.78, 5) is 0. The van der Waals surface area contributed by atoms with Gasteiger partial charge in [-0.1, -0.05) is 25.1 Å². The summed E-state index contributed by atoms with van der Waals surface area (Å²) in [5.74, 6) is 0.858. The van der Waals surface area contributed by atoms with Gasteiger partial charge >= 0.3 is 0 Å². The predicted octanol–water partition coefficient (Wildman–Crippen LogP) is 3.86. The van der Waals surface area contributed by atoms with Crippen LogP contribution in [0.5, 0.6) is 5.75 Å². The van der Waals surface area contributed by atoms with Gasteiger partial charge in [0.05, 0.1) is 12.1 Å². The number of aromatic nitrogens is 1. The maximum atomic E-state index is 5.78. The van der Waals surface area contributed by atoms with E-state index < -0.39 is 0 Å². The Hall–Kier alpha value is -2.42. The Kier molecular flexibility index (Phi) is 3.82. The largest absolute Gasteiger partial charge is 0.492 e. The fourth-order valence-electron chi connectivity index (χ4n) is 2.64. The molecule has 0 amide bonds. The smallest absolute Gasteiger partial charge is 0.119 e. The number of hydrogen-bond acceptors (Lipinski definition) is 2. The molecule has 0 atom stereocenters. The molecular weight excluding hydrogens is 260 g/mol. The molecule has 0 unspecified atom stereocenters. The highest BCUT2D eigenvalue weighted by atomic mass is 16.5. The molecule has 3 heteroatoms. The van der Waals surface area contributed by atoms with Gasteiger partial charge in [0.25, 0.3) is 0 Å². The summed E-state index contributed by atoms with van der Waals surface area (Å²) in [5.41, 5.74) is 9.12. The number of para-hydroxylation sites is 1. The molecule has 0 fully saturated rings. The second kappa shape index (κ2) is 5.92. The van der Waals surface area contributed by atoms with Gasteiger partial charge in [0, 0.05) is 11.9 Å². The topological polar surface area (TPSA) is 40.2 Å². The number of nitrogen functional groups attached to an aromatic ring is 1. The molecule has 2 aromatic carbocycles. The molecule has 0 radical (unpaired) electrons. The molecule has 3 rings (SSSR count). The average Bonchev–Trinajstić information content (AvgIpc) is 2.93. The lowest BCUT2D eigenvalue weighted by Gasteiger charge is -2.10. The molecule has 21 heavy (non-hydrogen) atoms. The third-order valence-corrected chi connectivity index (χ3v) is 3.73. The number of nitrogens with two attached hydrogens (primary N) is 1. The molecule has 0 spiro atoms. The normalized spacial score (nSPS) is 10.9. The van der Waals surface area contributed by atoms with E-state index in [0.717, 1.165) is 24.4 Å². The van der Waals surface area contributed by atoms with Crippen molar-refractivity contribution in [2.24, 2.45) is 0 Å². The first kappa shape index (κ1) is 13.6. The van der Waals surface area contributed by atoms with Gasteiger partial charge in [-0.15, -0.1) is 0 Å². The van der Waals surface area contributed by atoms with Gasteiger partial charge in [0.15, 0.2) is 0 Å². The second-order valence-electron chi connectivity index (χ2n) is 5.14. The van der Waals surface area contributed by atoms with Crippen LogP contribution in [0.3, 0.4) is 0 Å². The molecule has 0 aliphatic carbocycles. The maximum Gasteiger partial charge on any atom is 0.119 e. The monoisotopic (exact) mass is 280 g/mol. The summed E-state index contributed by atoms with van der Waals surface area (Å²) in [5, 5.41) is 1.29. The van der Waals surface area contributed by atoms with Gasteiger partial charge in [0.2, 0.25) is 0 Å². The van der Waals surface area contributed by atoms with E-state index in [1.165, 1.54) is 16.5 Å². The van der Waals surface area contributed by atoms with Crippen LogP contribution in [-0.4, -0.2) is 11.2 Å². The molecule has 0 saturated carbocycles. The van der Waals surface area contributed by atoms with Gasteiger partial charge in [-0.25, -0.2) is 0 Å². The van der Waals surface area contributed by atoms with Crippen LogP contribution in [0.1, 0.15) is 12.5 Å². The fourth-order valence-corrected chi connectivity index (χ4v) is 2.64. The highest BCUT2D eigenvalue weighted by Crippen LogP contribution is 2.21. The minimum Gasteiger partial charge on any atom is -0.492 e. The van der Waals surface area contributed by atoms with Crippen molar-refractivity contribution in [2.75, 3.05) is 12.3 Å². The third kappa shape index (κ3) is 2.87. The average molecular weight is 280 g/mol. The van der Waals surface area contributed by atoms with E-state index in [1.54, 1.807) is 0 Å². The maximum absolute atomic E-state index is 5.78. The second-order valence-corrected chi connectivity index (χ2v) is 5.14. The number of nitrogens with zero attached hydrogens (tertiary/aromatic N) is 1. The van der Waals surface area contributed by atoms with Crippen molar-refractivity contribution in [3.63, 3.8) is 0 Å². The SMILES string of the molecule is CCc1cccc2ccn(CCOc3ccc(N)cc3)c12. The molecule has 1 aromatic heterocycles. The summed E-state index contributed by atoms with van der Waals surface area (Å²) < 4.78 is 8.05. The summed E-state index contributed by atoms with van der Waals surface area (Å²) in [7, 11) is 0. The van der Waals surface area contributed by atoms with E-state index in [-0.39, 0.29) is 0 Å². The van der Waals surface area contributed by atoms with Crippen molar-refractivity contribution in [1.82, 2.24) is 4.57 Å². The van der Waals surface area contributed by atoms with Crippen LogP contribution in [0.2, 0.25) is 0 Å². The molecule has 0 saturated heterocycles. The van der Waals surface area contributed by atoms with Gasteiger partial charge in [-0.05, 0) is 47.7 Å². The highest BCUT2D eigenvalue weighted by molar-refractivity contribution is 5.83. The van der Waals surface area contributed by atoms with Crippen molar-refractivity contribution in [2.45, 2.75) is 19.9 Å². The Morgan fingerprint density at radius 2 is 1.86 bits per heavy atom. The van der Waals surface area contributed by atoms with E-state index in [2.05, 4.69) is 42.0 Å². The lowest BCUT2D eigenvalue weighted by atomic mass is 10.1. The molecule has 2 N–H and O–H groups in total. The minimum absolute atomic E-state index is 0.645. The van der Waals surface area contributed by atoms with Gasteiger partial charge < -0.3 is 15.0 Å². The van der Waals surface area contributed by atoms with Crippen molar-refractivity contribution in [3.8, 4) is 5.75 Å². The molecule has 0 aliphatic heterocycles. The number of hydrogen-bond donors (Lipinski definition) is 1.